The van der Waals surface area contributed by atoms with Crippen molar-refractivity contribution in [3.63, 3.8) is 0 Å². The van der Waals surface area contributed by atoms with Crippen molar-refractivity contribution < 1.29 is 14.3 Å². The van der Waals surface area contributed by atoms with Crippen LogP contribution < -0.4 is 15.5 Å². The topological polar surface area (TPSA) is 79.8 Å². The van der Waals surface area contributed by atoms with Crippen LogP contribution in [0.15, 0.2) is 29.4 Å². The maximum atomic E-state index is 11.8. The molecule has 0 atom stereocenters. The number of rotatable bonds is 7. The van der Waals surface area contributed by atoms with E-state index in [0.717, 1.165) is 11.3 Å². The van der Waals surface area contributed by atoms with Crippen molar-refractivity contribution >= 4 is 17.5 Å². The molecule has 0 fully saturated rings. The first kappa shape index (κ1) is 17.7. The van der Waals surface area contributed by atoms with E-state index < -0.39 is 0 Å². The van der Waals surface area contributed by atoms with E-state index in [2.05, 4.69) is 15.8 Å². The van der Waals surface area contributed by atoms with Gasteiger partial charge in [0.05, 0.1) is 13.5 Å². The lowest BCUT2D eigenvalue weighted by Crippen LogP contribution is -2.27. The molecule has 0 aliphatic heterocycles. The second kappa shape index (κ2) is 8.81. The third-order valence-corrected chi connectivity index (χ3v) is 2.95. The molecule has 0 saturated carbocycles. The fraction of sp³-hybridized carbons (Fsp3) is 0.438. The van der Waals surface area contributed by atoms with Crippen molar-refractivity contribution in [2.24, 2.45) is 11.0 Å². The van der Waals surface area contributed by atoms with Gasteiger partial charge in [0, 0.05) is 18.2 Å². The molecular formula is C16H23N3O3. The predicted molar refractivity (Wildman–Crippen MR) is 85.5 cm³/mol. The Bertz CT molecular complexity index is 536. The Kier molecular flexibility index (Phi) is 7.08. The van der Waals surface area contributed by atoms with E-state index in [1.165, 1.54) is 0 Å². The summed E-state index contributed by atoms with van der Waals surface area (Å²) in [5.41, 5.74) is 3.97. The highest BCUT2D eigenvalue weighted by Gasteiger charge is 2.07. The third kappa shape index (κ3) is 6.39. The number of benzene rings is 1. The maximum absolute atomic E-state index is 11.8. The van der Waals surface area contributed by atoms with Crippen LogP contribution in [0.3, 0.4) is 0 Å². The van der Waals surface area contributed by atoms with Crippen LogP contribution in [-0.2, 0) is 16.1 Å². The predicted octanol–water partition coefficient (Wildman–Crippen LogP) is 1.85. The van der Waals surface area contributed by atoms with Crippen molar-refractivity contribution in [3.8, 4) is 5.75 Å². The molecule has 0 aliphatic rings. The van der Waals surface area contributed by atoms with Gasteiger partial charge in [0.15, 0.2) is 0 Å². The first-order valence-electron chi connectivity index (χ1n) is 7.15. The molecule has 22 heavy (non-hydrogen) atoms. The van der Waals surface area contributed by atoms with Crippen LogP contribution in [0.1, 0.15) is 32.8 Å². The highest BCUT2D eigenvalue weighted by atomic mass is 16.5. The van der Waals surface area contributed by atoms with E-state index in [1.807, 2.05) is 24.3 Å². The molecule has 2 N–H and O–H groups in total. The minimum atomic E-state index is -0.169. The van der Waals surface area contributed by atoms with Gasteiger partial charge < -0.3 is 10.1 Å². The van der Waals surface area contributed by atoms with E-state index in [1.54, 1.807) is 27.9 Å². The normalized spacial score (nSPS) is 11.2. The number of methoxy groups -OCH3 is 1. The molecule has 0 saturated heterocycles. The number of hydrogen-bond acceptors (Lipinski definition) is 4. The Morgan fingerprint density at radius 3 is 2.41 bits per heavy atom. The highest BCUT2D eigenvalue weighted by molar-refractivity contribution is 6.00. The molecule has 2 amide bonds. The lowest BCUT2D eigenvalue weighted by molar-refractivity contribution is -0.124. The monoisotopic (exact) mass is 305 g/mol. The lowest BCUT2D eigenvalue weighted by atomic mass is 10.2. The Labute approximate surface area is 130 Å². The van der Waals surface area contributed by atoms with Crippen molar-refractivity contribution in [2.45, 2.75) is 33.7 Å². The van der Waals surface area contributed by atoms with Gasteiger partial charge in [-0.1, -0.05) is 26.0 Å². The number of hydrazone groups is 1. The molecular weight excluding hydrogens is 282 g/mol. The molecule has 0 heterocycles. The molecule has 6 nitrogen and oxygen atoms in total. The van der Waals surface area contributed by atoms with Crippen LogP contribution in [0.4, 0.5) is 0 Å². The summed E-state index contributed by atoms with van der Waals surface area (Å²) in [6.45, 7) is 5.70. The van der Waals surface area contributed by atoms with Crippen LogP contribution in [0.2, 0.25) is 0 Å². The molecule has 120 valence electrons. The summed E-state index contributed by atoms with van der Waals surface area (Å²) in [6, 6.07) is 7.47. The molecule has 0 bridgehead atoms. The number of amides is 2. The summed E-state index contributed by atoms with van der Waals surface area (Å²) >= 11 is 0. The largest absolute Gasteiger partial charge is 0.497 e. The Morgan fingerprint density at radius 1 is 1.23 bits per heavy atom. The SMILES string of the molecule is COc1ccc(CNC(=O)C/C(C)=N\NC(=O)C(C)C)cc1. The van der Waals surface area contributed by atoms with Crippen molar-refractivity contribution in [2.75, 3.05) is 7.11 Å². The van der Waals surface area contributed by atoms with Crippen LogP contribution in [0.5, 0.6) is 5.75 Å². The number of hydrogen-bond donors (Lipinski definition) is 2. The van der Waals surface area contributed by atoms with E-state index in [9.17, 15) is 9.59 Å². The third-order valence-electron chi connectivity index (χ3n) is 2.95. The van der Waals surface area contributed by atoms with Crippen molar-refractivity contribution in [1.82, 2.24) is 10.7 Å². The number of ether oxygens (including phenoxy) is 1. The molecule has 1 rings (SSSR count). The van der Waals surface area contributed by atoms with Crippen molar-refractivity contribution in [3.05, 3.63) is 29.8 Å². The van der Waals surface area contributed by atoms with Crippen LogP contribution >= 0.6 is 0 Å². The summed E-state index contributed by atoms with van der Waals surface area (Å²) in [4.78, 5) is 23.2. The smallest absolute Gasteiger partial charge is 0.242 e. The van der Waals surface area contributed by atoms with Gasteiger partial charge in [-0.25, -0.2) is 5.43 Å². The Hall–Kier alpha value is -2.37. The number of carbonyl (C=O) groups excluding carboxylic acids is 2. The molecule has 1 aromatic rings. The summed E-state index contributed by atoms with van der Waals surface area (Å²) in [7, 11) is 1.61. The molecule has 0 unspecified atom stereocenters. The van der Waals surface area contributed by atoms with E-state index in [0.29, 0.717) is 12.3 Å². The minimum Gasteiger partial charge on any atom is -0.497 e. The average molecular weight is 305 g/mol. The zero-order valence-corrected chi connectivity index (χ0v) is 13.5. The fourth-order valence-corrected chi connectivity index (χ4v) is 1.56. The lowest BCUT2D eigenvalue weighted by Gasteiger charge is -2.07. The average Bonchev–Trinajstić information content (AvgIpc) is 2.50. The zero-order chi connectivity index (χ0) is 16.5. The quantitative estimate of drug-likeness (QED) is 0.596. The van der Waals surface area contributed by atoms with Gasteiger partial charge in [0.25, 0.3) is 0 Å². The summed E-state index contributed by atoms with van der Waals surface area (Å²) in [5, 5.41) is 6.71. The van der Waals surface area contributed by atoms with E-state index in [-0.39, 0.29) is 24.2 Å². The highest BCUT2D eigenvalue weighted by Crippen LogP contribution is 2.10. The van der Waals surface area contributed by atoms with Gasteiger partial charge >= 0.3 is 0 Å². The van der Waals surface area contributed by atoms with Crippen LogP contribution in [0, 0.1) is 5.92 Å². The fourth-order valence-electron chi connectivity index (χ4n) is 1.56. The van der Waals surface area contributed by atoms with Crippen molar-refractivity contribution in [1.29, 1.82) is 0 Å². The van der Waals surface area contributed by atoms with Gasteiger partial charge in [-0.05, 0) is 24.6 Å². The van der Waals surface area contributed by atoms with Gasteiger partial charge in [-0.3, -0.25) is 9.59 Å². The molecule has 0 spiro atoms. The Morgan fingerprint density at radius 2 is 1.86 bits per heavy atom. The number of carbonyl (C=O) groups is 2. The van der Waals surface area contributed by atoms with Crippen LogP contribution in [-0.4, -0.2) is 24.6 Å². The van der Waals surface area contributed by atoms with Crippen LogP contribution in [0.25, 0.3) is 0 Å². The van der Waals surface area contributed by atoms with E-state index in [4.69, 9.17) is 4.74 Å². The first-order chi connectivity index (χ1) is 10.4. The van der Waals surface area contributed by atoms with Gasteiger partial charge in [-0.2, -0.15) is 5.10 Å². The first-order valence-corrected chi connectivity index (χ1v) is 7.15. The minimum absolute atomic E-state index is 0.138. The summed E-state index contributed by atoms with van der Waals surface area (Å²) < 4.78 is 5.07. The molecule has 0 aliphatic carbocycles. The number of nitrogens with zero attached hydrogens (tertiary/aromatic N) is 1. The molecule has 0 radical (unpaired) electrons. The molecule has 6 heteroatoms. The van der Waals surface area contributed by atoms with Gasteiger partial charge in [-0.15, -0.1) is 0 Å². The standard InChI is InChI=1S/C16H23N3O3/c1-11(2)16(21)19-18-12(3)9-15(20)17-10-13-5-7-14(22-4)8-6-13/h5-8,11H,9-10H2,1-4H3,(H,17,20)(H,19,21)/b18-12-. The summed E-state index contributed by atoms with van der Waals surface area (Å²) in [6.07, 6.45) is 0.147. The molecule has 0 aromatic heterocycles. The zero-order valence-electron chi connectivity index (χ0n) is 13.5. The number of nitrogens with one attached hydrogen (secondary N) is 2. The second-order valence-corrected chi connectivity index (χ2v) is 5.28. The molecule has 1 aromatic carbocycles. The Balaban J connectivity index is 2.38. The van der Waals surface area contributed by atoms with Gasteiger partial charge in [0.1, 0.15) is 5.75 Å². The second-order valence-electron chi connectivity index (χ2n) is 5.28. The van der Waals surface area contributed by atoms with E-state index >= 15 is 0 Å². The van der Waals surface area contributed by atoms with Gasteiger partial charge in [0.2, 0.25) is 11.8 Å². The summed E-state index contributed by atoms with van der Waals surface area (Å²) in [5.74, 6) is 0.327. The maximum Gasteiger partial charge on any atom is 0.242 e.